The summed E-state index contributed by atoms with van der Waals surface area (Å²) in [6.45, 7) is 8.35. The van der Waals surface area contributed by atoms with Gasteiger partial charge in [-0.25, -0.2) is 17.6 Å². The molecule has 2 unspecified atom stereocenters. The highest BCUT2D eigenvalue weighted by molar-refractivity contribution is 6.45. The van der Waals surface area contributed by atoms with E-state index < -0.39 is 48.1 Å². The maximum atomic E-state index is 14.8. The molecule has 9 heteroatoms. The van der Waals surface area contributed by atoms with E-state index in [1.807, 2.05) is 0 Å². The number of halogens is 5. The van der Waals surface area contributed by atoms with Gasteiger partial charge < -0.3 is 14.0 Å². The number of ether oxygens (including phenoxy) is 1. The van der Waals surface area contributed by atoms with Gasteiger partial charge in [-0.1, -0.05) is 59.3 Å². The summed E-state index contributed by atoms with van der Waals surface area (Å²) in [6.07, 6.45) is 7.65. The molecule has 1 fully saturated rings. The van der Waals surface area contributed by atoms with Gasteiger partial charge in [-0.05, 0) is 43.9 Å². The first-order valence-corrected chi connectivity index (χ1v) is 13.3. The van der Waals surface area contributed by atoms with Crippen LogP contribution in [0.25, 0.3) is 0 Å². The minimum Gasteiger partial charge on any atom is -0.456 e. The Morgan fingerprint density at radius 2 is 1.68 bits per heavy atom. The van der Waals surface area contributed by atoms with E-state index >= 15 is 0 Å². The van der Waals surface area contributed by atoms with Crippen molar-refractivity contribution in [3.63, 3.8) is 0 Å². The summed E-state index contributed by atoms with van der Waals surface area (Å²) in [5.74, 6) is -4.66. The van der Waals surface area contributed by atoms with Crippen LogP contribution in [0.4, 0.5) is 22.0 Å². The fourth-order valence-electron chi connectivity index (χ4n) is 4.61. The molecule has 1 saturated heterocycles. The highest BCUT2D eigenvalue weighted by Gasteiger charge is 2.40. The van der Waals surface area contributed by atoms with Crippen LogP contribution in [0, 0.1) is 23.0 Å². The van der Waals surface area contributed by atoms with Gasteiger partial charge in [0, 0.05) is 31.0 Å². The molecule has 37 heavy (non-hydrogen) atoms. The predicted octanol–water partition coefficient (Wildman–Crippen LogP) is 9.05. The number of benzene rings is 1. The standard InChI is InChI=1S/C28H40BF5O3/c1-5-7-9-10-12-21(11-8-6-2)28(4)18-35-29(36-19-28)16-15-24(32)26(20(3)30)27(34)37-22-13-14-23(31)25(33)17-22/h13-15,17,21,27H,5-12,16,18-19H2,1-4H3/b24-15+,26-20-. The maximum Gasteiger partial charge on any atom is 0.461 e. The molecule has 0 aromatic heterocycles. The quantitative estimate of drug-likeness (QED) is 0.0980. The van der Waals surface area contributed by atoms with E-state index in [0.29, 0.717) is 25.2 Å². The van der Waals surface area contributed by atoms with Crippen molar-refractivity contribution in [1.29, 1.82) is 0 Å². The first-order chi connectivity index (χ1) is 17.6. The molecular weight excluding hydrogens is 490 g/mol. The zero-order valence-electron chi connectivity index (χ0n) is 22.4. The number of rotatable bonds is 15. The summed E-state index contributed by atoms with van der Waals surface area (Å²) in [6, 6.07) is 2.31. The second-order valence-corrected chi connectivity index (χ2v) is 10.1. The number of hydrogen-bond acceptors (Lipinski definition) is 3. The molecule has 1 heterocycles. The van der Waals surface area contributed by atoms with Crippen LogP contribution in [0.3, 0.4) is 0 Å². The Hall–Kier alpha value is -1.87. The van der Waals surface area contributed by atoms with E-state index in [1.54, 1.807) is 0 Å². The molecule has 0 bridgehead atoms. The monoisotopic (exact) mass is 530 g/mol. The summed E-state index contributed by atoms with van der Waals surface area (Å²) in [4.78, 5) is 0. The minimum atomic E-state index is -2.56. The molecule has 1 aromatic rings. The lowest BCUT2D eigenvalue weighted by atomic mass is 9.70. The molecule has 0 amide bonds. The van der Waals surface area contributed by atoms with Gasteiger partial charge in [0.15, 0.2) is 11.6 Å². The summed E-state index contributed by atoms with van der Waals surface area (Å²) in [5, 5.41) is 0. The van der Waals surface area contributed by atoms with Crippen molar-refractivity contribution in [3.8, 4) is 5.75 Å². The van der Waals surface area contributed by atoms with E-state index in [-0.39, 0.29) is 11.7 Å². The molecule has 0 saturated carbocycles. The van der Waals surface area contributed by atoms with Gasteiger partial charge in [-0.15, -0.1) is 0 Å². The third-order valence-corrected chi connectivity index (χ3v) is 6.97. The summed E-state index contributed by atoms with van der Waals surface area (Å²) in [7, 11) is -0.739. The zero-order valence-corrected chi connectivity index (χ0v) is 22.4. The molecule has 0 aliphatic carbocycles. The average molecular weight is 530 g/mol. The molecule has 0 N–H and O–H groups in total. The first kappa shape index (κ1) is 31.4. The molecule has 0 spiro atoms. The number of unbranched alkanes of at least 4 members (excludes halogenated alkanes) is 4. The van der Waals surface area contributed by atoms with Gasteiger partial charge in [0.1, 0.15) is 17.4 Å². The SMILES string of the molecule is CCCCCCC(CCCC)C1(C)COB(C/C=C(F)\C(=C(/C)F)C(F)Oc2ccc(F)c(F)c2)OC1. The normalized spacial score (nSPS) is 18.4. The Bertz CT molecular complexity index is 896. The Balaban J connectivity index is 1.97. The van der Waals surface area contributed by atoms with E-state index in [1.165, 1.54) is 25.7 Å². The molecule has 1 aliphatic heterocycles. The van der Waals surface area contributed by atoms with Crippen LogP contribution in [0.5, 0.6) is 5.75 Å². The second-order valence-electron chi connectivity index (χ2n) is 10.1. The number of hydrogen-bond donors (Lipinski definition) is 0. The van der Waals surface area contributed by atoms with Gasteiger partial charge in [-0.2, -0.15) is 4.39 Å². The number of alkyl halides is 1. The van der Waals surface area contributed by atoms with Crippen LogP contribution in [0.1, 0.15) is 79.1 Å². The van der Waals surface area contributed by atoms with Gasteiger partial charge in [0.2, 0.25) is 0 Å². The van der Waals surface area contributed by atoms with Crippen LogP contribution < -0.4 is 4.74 Å². The lowest BCUT2D eigenvalue weighted by Crippen LogP contribution is -2.46. The fourth-order valence-corrected chi connectivity index (χ4v) is 4.61. The highest BCUT2D eigenvalue weighted by atomic mass is 19.2. The maximum absolute atomic E-state index is 14.8. The van der Waals surface area contributed by atoms with Crippen LogP contribution in [-0.4, -0.2) is 26.7 Å². The van der Waals surface area contributed by atoms with Crippen molar-refractivity contribution < 1.29 is 36.0 Å². The summed E-state index contributed by atoms with van der Waals surface area (Å²) >= 11 is 0. The van der Waals surface area contributed by atoms with E-state index in [4.69, 9.17) is 14.0 Å². The van der Waals surface area contributed by atoms with Gasteiger partial charge in [-0.3, -0.25) is 0 Å². The highest BCUT2D eigenvalue weighted by Crippen LogP contribution is 2.39. The van der Waals surface area contributed by atoms with Gasteiger partial charge >= 0.3 is 7.12 Å². The second kappa shape index (κ2) is 15.5. The first-order valence-electron chi connectivity index (χ1n) is 13.3. The Morgan fingerprint density at radius 3 is 2.27 bits per heavy atom. The summed E-state index contributed by atoms with van der Waals surface area (Å²) in [5.41, 5.74) is -1.11. The molecule has 1 aliphatic rings. The van der Waals surface area contributed by atoms with E-state index in [9.17, 15) is 22.0 Å². The zero-order chi connectivity index (χ0) is 27.4. The van der Waals surface area contributed by atoms with Crippen molar-refractivity contribution in [2.24, 2.45) is 11.3 Å². The largest absolute Gasteiger partial charge is 0.461 e. The summed E-state index contributed by atoms with van der Waals surface area (Å²) < 4.78 is 86.5. The van der Waals surface area contributed by atoms with E-state index in [0.717, 1.165) is 50.8 Å². The van der Waals surface area contributed by atoms with Crippen LogP contribution in [0.15, 0.2) is 41.5 Å². The third kappa shape index (κ3) is 9.75. The Kier molecular flexibility index (Phi) is 13.2. The Labute approximate surface area is 218 Å². The topological polar surface area (TPSA) is 27.7 Å². The van der Waals surface area contributed by atoms with Gasteiger partial charge in [0.05, 0.1) is 5.57 Å². The molecule has 1 aromatic carbocycles. The predicted molar refractivity (Wildman–Crippen MR) is 137 cm³/mol. The third-order valence-electron chi connectivity index (χ3n) is 6.97. The molecule has 2 rings (SSSR count). The molecule has 0 radical (unpaired) electrons. The van der Waals surface area contributed by atoms with Crippen molar-refractivity contribution in [1.82, 2.24) is 0 Å². The van der Waals surface area contributed by atoms with Crippen LogP contribution in [0.2, 0.25) is 6.32 Å². The molecule has 208 valence electrons. The van der Waals surface area contributed by atoms with E-state index in [2.05, 4.69) is 20.8 Å². The smallest absolute Gasteiger partial charge is 0.456 e. The van der Waals surface area contributed by atoms with Crippen LogP contribution in [-0.2, 0) is 9.31 Å². The number of allylic oxidation sites excluding steroid dienone is 2. The average Bonchev–Trinajstić information content (AvgIpc) is 2.85. The lowest BCUT2D eigenvalue weighted by molar-refractivity contribution is -0.0282. The van der Waals surface area contributed by atoms with Crippen molar-refractivity contribution in [2.45, 2.75) is 91.7 Å². The molecule has 2 atom stereocenters. The van der Waals surface area contributed by atoms with Crippen molar-refractivity contribution >= 4 is 7.12 Å². The van der Waals surface area contributed by atoms with Gasteiger partial charge in [0.25, 0.3) is 6.36 Å². The Morgan fingerprint density at radius 1 is 1.03 bits per heavy atom. The molecular formula is C28H40BF5O3. The van der Waals surface area contributed by atoms with Crippen molar-refractivity contribution in [3.05, 3.63) is 53.1 Å². The fraction of sp³-hybridized carbons (Fsp3) is 0.643. The van der Waals surface area contributed by atoms with Crippen LogP contribution >= 0.6 is 0 Å². The van der Waals surface area contributed by atoms with Crippen molar-refractivity contribution in [2.75, 3.05) is 13.2 Å². The minimum absolute atomic E-state index is 0.0489. The lowest BCUT2D eigenvalue weighted by Gasteiger charge is -2.42. The molecule has 3 nitrogen and oxygen atoms in total.